The fourth-order valence-electron chi connectivity index (χ4n) is 2.28. The molecule has 0 atom stereocenters. The van der Waals surface area contributed by atoms with Crippen molar-refractivity contribution in [3.05, 3.63) is 45.6 Å². The van der Waals surface area contributed by atoms with E-state index in [0.717, 1.165) is 24.0 Å². The lowest BCUT2D eigenvalue weighted by atomic mass is 9.94. The van der Waals surface area contributed by atoms with Gasteiger partial charge in [-0.15, -0.1) is 0 Å². The highest BCUT2D eigenvalue weighted by atomic mass is 32.1. The first-order valence-corrected chi connectivity index (χ1v) is 7.18. The minimum Gasteiger partial charge on any atom is -0.384 e. The standard InChI is InChI=1S/C16H13BN4S/c17-7-1-2-10-3-5-11(6-4-10)14-12(8-18)15(20)21-16(22)13(14)9-19/h3-6H,1-2,7H2,(H3,20,21,22). The number of aromatic amines is 1. The second-order valence-corrected chi connectivity index (χ2v) is 5.21. The fraction of sp³-hybridized carbons (Fsp3) is 0.188. The molecule has 1 aromatic carbocycles. The molecule has 2 aromatic rings. The van der Waals surface area contributed by atoms with Crippen molar-refractivity contribution in [1.82, 2.24) is 4.98 Å². The van der Waals surface area contributed by atoms with Crippen LogP contribution in [0.1, 0.15) is 23.1 Å². The van der Waals surface area contributed by atoms with Crippen molar-refractivity contribution in [3.8, 4) is 23.3 Å². The molecule has 0 unspecified atom stereocenters. The number of nitrogens with one attached hydrogen (secondary N) is 1. The molecule has 0 bridgehead atoms. The van der Waals surface area contributed by atoms with Crippen LogP contribution >= 0.6 is 12.2 Å². The van der Waals surface area contributed by atoms with Crippen molar-refractivity contribution in [2.45, 2.75) is 19.2 Å². The van der Waals surface area contributed by atoms with E-state index in [1.807, 2.05) is 30.3 Å². The maximum absolute atomic E-state index is 9.34. The summed E-state index contributed by atoms with van der Waals surface area (Å²) in [6.07, 6.45) is 2.45. The number of nitrogen functional groups attached to an aromatic ring is 1. The highest BCUT2D eigenvalue weighted by Gasteiger charge is 2.16. The van der Waals surface area contributed by atoms with Crippen molar-refractivity contribution >= 4 is 25.9 Å². The maximum Gasteiger partial charge on any atom is 0.123 e. The van der Waals surface area contributed by atoms with Crippen LogP contribution in [-0.4, -0.2) is 12.8 Å². The van der Waals surface area contributed by atoms with Crippen LogP contribution in [0.25, 0.3) is 11.1 Å². The number of aromatic nitrogens is 1. The largest absolute Gasteiger partial charge is 0.384 e. The van der Waals surface area contributed by atoms with Gasteiger partial charge in [-0.3, -0.25) is 0 Å². The number of hydrogen-bond donors (Lipinski definition) is 2. The van der Waals surface area contributed by atoms with Gasteiger partial charge in [0.1, 0.15) is 28.2 Å². The average Bonchev–Trinajstić information content (AvgIpc) is 2.53. The minimum atomic E-state index is 0.175. The van der Waals surface area contributed by atoms with E-state index in [2.05, 4.69) is 11.1 Å². The molecule has 0 fully saturated rings. The van der Waals surface area contributed by atoms with Crippen LogP contribution in [0.5, 0.6) is 0 Å². The van der Waals surface area contributed by atoms with Gasteiger partial charge >= 0.3 is 0 Å². The Balaban J connectivity index is 2.60. The van der Waals surface area contributed by atoms with Crippen LogP contribution in [0.15, 0.2) is 24.3 Å². The van der Waals surface area contributed by atoms with E-state index in [9.17, 15) is 10.5 Å². The van der Waals surface area contributed by atoms with Crippen LogP contribution in [0.2, 0.25) is 6.32 Å². The molecule has 2 radical (unpaired) electrons. The molecule has 2 rings (SSSR count). The van der Waals surface area contributed by atoms with Crippen LogP contribution in [0.4, 0.5) is 5.82 Å². The molecule has 1 heterocycles. The average molecular weight is 304 g/mol. The highest BCUT2D eigenvalue weighted by Crippen LogP contribution is 2.30. The van der Waals surface area contributed by atoms with E-state index < -0.39 is 0 Å². The van der Waals surface area contributed by atoms with Gasteiger partial charge in [0, 0.05) is 5.56 Å². The first-order chi connectivity index (χ1) is 10.6. The van der Waals surface area contributed by atoms with E-state index >= 15 is 0 Å². The molecule has 1 aromatic heterocycles. The first-order valence-electron chi connectivity index (χ1n) is 6.77. The van der Waals surface area contributed by atoms with Crippen molar-refractivity contribution < 1.29 is 0 Å². The molecule has 0 saturated carbocycles. The lowest BCUT2D eigenvalue weighted by molar-refractivity contribution is 0.919. The van der Waals surface area contributed by atoms with Gasteiger partial charge < -0.3 is 10.7 Å². The summed E-state index contributed by atoms with van der Waals surface area (Å²) < 4.78 is 0.237. The Morgan fingerprint density at radius 3 is 2.32 bits per heavy atom. The number of anilines is 1. The lowest BCUT2D eigenvalue weighted by Crippen LogP contribution is -2.01. The molecule has 4 nitrogen and oxygen atoms in total. The zero-order valence-corrected chi connectivity index (χ0v) is 12.7. The predicted octanol–water partition coefficient (Wildman–Crippen LogP) is 3.26. The molecule has 6 heteroatoms. The molecule has 0 aliphatic rings. The molecule has 0 aliphatic heterocycles. The Kier molecular flexibility index (Phi) is 4.98. The number of H-pyrrole nitrogens is 1. The van der Waals surface area contributed by atoms with Gasteiger partial charge in [0.25, 0.3) is 0 Å². The SMILES string of the molecule is [B]CCCc1ccc(-c2c(C#N)c(N)[nH]c(=S)c2C#N)cc1. The summed E-state index contributed by atoms with van der Waals surface area (Å²) in [5, 5.41) is 18.7. The number of aryl methyl sites for hydroxylation is 1. The quantitative estimate of drug-likeness (QED) is 0.670. The van der Waals surface area contributed by atoms with E-state index in [0.29, 0.717) is 11.9 Å². The van der Waals surface area contributed by atoms with Crippen molar-refractivity contribution in [2.24, 2.45) is 0 Å². The summed E-state index contributed by atoms with van der Waals surface area (Å²) in [5.74, 6) is 0.175. The van der Waals surface area contributed by atoms with Gasteiger partial charge in [0.2, 0.25) is 0 Å². The smallest absolute Gasteiger partial charge is 0.123 e. The summed E-state index contributed by atoms with van der Waals surface area (Å²) >= 11 is 5.14. The van der Waals surface area contributed by atoms with Gasteiger partial charge in [0.15, 0.2) is 0 Å². The molecular weight excluding hydrogens is 291 g/mol. The maximum atomic E-state index is 9.34. The molecule has 106 valence electrons. The van der Waals surface area contributed by atoms with Crippen LogP contribution in [0.3, 0.4) is 0 Å². The van der Waals surface area contributed by atoms with Gasteiger partial charge in [0.05, 0.1) is 13.4 Å². The van der Waals surface area contributed by atoms with Gasteiger partial charge in [-0.05, 0) is 17.5 Å². The third kappa shape index (κ3) is 3.03. The van der Waals surface area contributed by atoms with E-state index in [4.69, 9.17) is 25.8 Å². The van der Waals surface area contributed by atoms with Crippen LogP contribution in [-0.2, 0) is 6.42 Å². The summed E-state index contributed by atoms with van der Waals surface area (Å²) in [5.41, 5.74) is 8.70. The number of rotatable bonds is 4. The van der Waals surface area contributed by atoms with Crippen molar-refractivity contribution in [2.75, 3.05) is 5.73 Å². The molecule has 22 heavy (non-hydrogen) atoms. The summed E-state index contributed by atoms with van der Waals surface area (Å²) in [4.78, 5) is 2.69. The molecular formula is C16H13BN4S. The summed E-state index contributed by atoms with van der Waals surface area (Å²) in [6.45, 7) is 0. The Bertz CT molecular complexity index is 825. The molecule has 0 aliphatic carbocycles. The van der Waals surface area contributed by atoms with Gasteiger partial charge in [-0.25, -0.2) is 0 Å². The molecule has 3 N–H and O–H groups in total. The Hall–Kier alpha value is -2.57. The predicted molar refractivity (Wildman–Crippen MR) is 89.8 cm³/mol. The van der Waals surface area contributed by atoms with Crippen LogP contribution in [0, 0.1) is 27.3 Å². The van der Waals surface area contributed by atoms with E-state index in [-0.39, 0.29) is 21.6 Å². The normalized spacial score (nSPS) is 9.91. The van der Waals surface area contributed by atoms with Crippen molar-refractivity contribution in [3.63, 3.8) is 0 Å². The second-order valence-electron chi connectivity index (χ2n) is 4.81. The lowest BCUT2D eigenvalue weighted by Gasteiger charge is -2.10. The number of pyridine rings is 1. The van der Waals surface area contributed by atoms with Crippen molar-refractivity contribution in [1.29, 1.82) is 10.5 Å². The van der Waals surface area contributed by atoms with Gasteiger partial charge in [-0.1, -0.05) is 49.2 Å². The zero-order valence-electron chi connectivity index (χ0n) is 11.9. The number of nitrogens with zero attached hydrogens (tertiary/aromatic N) is 2. The number of nitriles is 2. The number of nitrogens with two attached hydrogens (primary N) is 1. The Morgan fingerprint density at radius 2 is 1.77 bits per heavy atom. The zero-order chi connectivity index (χ0) is 16.1. The van der Waals surface area contributed by atoms with E-state index in [1.165, 1.54) is 0 Å². The van der Waals surface area contributed by atoms with Crippen LogP contribution < -0.4 is 5.73 Å². The third-order valence-corrected chi connectivity index (χ3v) is 3.69. The first kappa shape index (κ1) is 15.8. The fourth-order valence-corrected chi connectivity index (χ4v) is 2.53. The minimum absolute atomic E-state index is 0.175. The molecule has 0 spiro atoms. The number of benzene rings is 1. The van der Waals surface area contributed by atoms with E-state index in [1.54, 1.807) is 0 Å². The Labute approximate surface area is 135 Å². The van der Waals surface area contributed by atoms with Gasteiger partial charge in [-0.2, -0.15) is 10.5 Å². The Morgan fingerprint density at radius 1 is 1.14 bits per heavy atom. The highest BCUT2D eigenvalue weighted by molar-refractivity contribution is 7.71. The summed E-state index contributed by atoms with van der Waals surface area (Å²) in [7, 11) is 5.51. The molecule has 0 saturated heterocycles. The third-order valence-electron chi connectivity index (χ3n) is 3.38. The number of hydrogen-bond acceptors (Lipinski definition) is 4. The monoisotopic (exact) mass is 304 g/mol. The molecule has 0 amide bonds. The topological polar surface area (TPSA) is 89.4 Å². The second kappa shape index (κ2) is 6.93. The summed E-state index contributed by atoms with van der Waals surface area (Å²) in [6, 6.07) is 11.8.